The summed E-state index contributed by atoms with van der Waals surface area (Å²) in [5.74, 6) is 0. The first-order chi connectivity index (χ1) is 6.72. The highest BCUT2D eigenvalue weighted by atomic mass is 16.5. The number of rotatable bonds is 7. The van der Waals surface area contributed by atoms with Crippen LogP contribution in [0, 0.1) is 5.41 Å². The molecule has 0 radical (unpaired) electrons. The molecule has 0 aliphatic heterocycles. The van der Waals surface area contributed by atoms with Crippen LogP contribution < -0.4 is 11.1 Å². The van der Waals surface area contributed by atoms with Crippen molar-refractivity contribution in [3.05, 3.63) is 0 Å². The fraction of sp³-hybridized carbons (Fsp3) is 1.00. The number of hydrogen-bond donors (Lipinski definition) is 2. The zero-order chi connectivity index (χ0) is 10.4. The third-order valence-electron chi connectivity index (χ3n) is 3.45. The van der Waals surface area contributed by atoms with E-state index in [9.17, 15) is 0 Å². The van der Waals surface area contributed by atoms with Gasteiger partial charge in [0, 0.05) is 26.2 Å². The first kappa shape index (κ1) is 12.0. The van der Waals surface area contributed by atoms with Gasteiger partial charge < -0.3 is 15.8 Å². The molecule has 84 valence electrons. The molecule has 0 heterocycles. The van der Waals surface area contributed by atoms with Crippen molar-refractivity contribution in [3.8, 4) is 0 Å². The minimum absolute atomic E-state index is 0.133. The number of hydrogen-bond acceptors (Lipinski definition) is 3. The predicted molar refractivity (Wildman–Crippen MR) is 59.3 cm³/mol. The molecule has 0 saturated heterocycles. The lowest BCUT2D eigenvalue weighted by atomic mass is 9.67. The van der Waals surface area contributed by atoms with Crippen molar-refractivity contribution in [2.24, 2.45) is 11.1 Å². The molecular weight excluding hydrogens is 176 g/mol. The van der Waals surface area contributed by atoms with Gasteiger partial charge in [-0.15, -0.1) is 0 Å². The van der Waals surface area contributed by atoms with Gasteiger partial charge in [-0.05, 0) is 24.7 Å². The van der Waals surface area contributed by atoms with Crippen LogP contribution in [0.3, 0.4) is 0 Å². The van der Waals surface area contributed by atoms with Gasteiger partial charge in [0.1, 0.15) is 0 Å². The minimum Gasteiger partial charge on any atom is -0.383 e. The van der Waals surface area contributed by atoms with Gasteiger partial charge in [-0.2, -0.15) is 0 Å². The summed E-state index contributed by atoms with van der Waals surface area (Å²) < 4.78 is 4.99. The topological polar surface area (TPSA) is 47.3 Å². The lowest BCUT2D eigenvalue weighted by molar-refractivity contribution is 0.120. The average Bonchev–Trinajstić information content (AvgIpc) is 2.10. The molecule has 3 nitrogen and oxygen atoms in total. The summed E-state index contributed by atoms with van der Waals surface area (Å²) in [6.07, 6.45) is 5.46. The summed E-state index contributed by atoms with van der Waals surface area (Å²) >= 11 is 0. The fourth-order valence-corrected chi connectivity index (χ4v) is 2.13. The van der Waals surface area contributed by atoms with Crippen LogP contribution in [0.25, 0.3) is 0 Å². The molecule has 3 heteroatoms. The van der Waals surface area contributed by atoms with Crippen LogP contribution in [0.4, 0.5) is 0 Å². The van der Waals surface area contributed by atoms with Gasteiger partial charge in [0.15, 0.2) is 0 Å². The number of ether oxygens (including phenoxy) is 1. The van der Waals surface area contributed by atoms with Crippen LogP contribution in [0.1, 0.15) is 32.6 Å². The lowest BCUT2D eigenvalue weighted by Gasteiger charge is -2.41. The Kier molecular flexibility index (Phi) is 4.85. The van der Waals surface area contributed by atoms with Gasteiger partial charge in [0.25, 0.3) is 0 Å². The van der Waals surface area contributed by atoms with Crippen molar-refractivity contribution in [2.45, 2.75) is 38.6 Å². The Hall–Kier alpha value is -0.120. The van der Waals surface area contributed by atoms with Crippen molar-refractivity contribution in [1.29, 1.82) is 0 Å². The van der Waals surface area contributed by atoms with Crippen LogP contribution in [0.5, 0.6) is 0 Å². The van der Waals surface area contributed by atoms with Crippen LogP contribution in [0.2, 0.25) is 0 Å². The maximum atomic E-state index is 5.83. The first-order valence-electron chi connectivity index (χ1n) is 5.68. The van der Waals surface area contributed by atoms with Crippen molar-refractivity contribution in [2.75, 3.05) is 26.8 Å². The molecule has 0 aromatic rings. The van der Waals surface area contributed by atoms with E-state index in [0.717, 1.165) is 13.1 Å². The normalized spacial score (nSPS) is 21.6. The Morgan fingerprint density at radius 1 is 1.50 bits per heavy atom. The Balaban J connectivity index is 2.08. The van der Waals surface area contributed by atoms with Gasteiger partial charge >= 0.3 is 0 Å². The number of nitrogens with one attached hydrogen (secondary N) is 1. The maximum Gasteiger partial charge on any atom is 0.0626 e. The summed E-state index contributed by atoms with van der Waals surface area (Å²) in [6, 6.07) is 0.133. The van der Waals surface area contributed by atoms with E-state index in [-0.39, 0.29) is 6.04 Å². The van der Waals surface area contributed by atoms with Crippen molar-refractivity contribution in [3.63, 3.8) is 0 Å². The molecule has 0 amide bonds. The van der Waals surface area contributed by atoms with Gasteiger partial charge in [-0.3, -0.25) is 0 Å². The maximum absolute atomic E-state index is 5.83. The van der Waals surface area contributed by atoms with Crippen LogP contribution in [-0.4, -0.2) is 32.8 Å². The third kappa shape index (κ3) is 3.23. The zero-order valence-electron chi connectivity index (χ0n) is 9.51. The standard InChI is InChI=1S/C11H24N2O/c1-3-11(5-4-6-11)9-13-7-10(12)8-14-2/h10,13H,3-9,12H2,1-2H3. The zero-order valence-corrected chi connectivity index (χ0v) is 9.51. The van der Waals surface area contributed by atoms with Crippen molar-refractivity contribution >= 4 is 0 Å². The van der Waals surface area contributed by atoms with E-state index in [1.165, 1.54) is 25.7 Å². The highest BCUT2D eigenvalue weighted by Crippen LogP contribution is 2.42. The molecule has 14 heavy (non-hydrogen) atoms. The second-order valence-electron chi connectivity index (χ2n) is 4.55. The largest absolute Gasteiger partial charge is 0.383 e. The molecule has 1 aliphatic carbocycles. The molecule has 1 saturated carbocycles. The highest BCUT2D eigenvalue weighted by Gasteiger charge is 2.34. The Labute approximate surface area is 87.4 Å². The molecule has 0 spiro atoms. The number of methoxy groups -OCH3 is 1. The summed E-state index contributed by atoms with van der Waals surface area (Å²) in [5.41, 5.74) is 6.42. The van der Waals surface area contributed by atoms with Gasteiger partial charge in [-0.25, -0.2) is 0 Å². The average molecular weight is 200 g/mol. The molecule has 0 bridgehead atoms. The molecule has 1 unspecified atom stereocenters. The SMILES string of the molecule is CCC1(CNCC(N)COC)CCC1. The molecule has 0 aromatic carbocycles. The van der Waals surface area contributed by atoms with E-state index in [0.29, 0.717) is 12.0 Å². The molecule has 1 fully saturated rings. The molecule has 1 atom stereocenters. The Morgan fingerprint density at radius 3 is 2.64 bits per heavy atom. The van der Waals surface area contributed by atoms with Crippen molar-refractivity contribution < 1.29 is 4.74 Å². The summed E-state index contributed by atoms with van der Waals surface area (Å²) in [6.45, 7) is 4.93. The van der Waals surface area contributed by atoms with E-state index < -0.39 is 0 Å². The van der Waals surface area contributed by atoms with Gasteiger partial charge in [0.2, 0.25) is 0 Å². The van der Waals surface area contributed by atoms with Gasteiger partial charge in [-0.1, -0.05) is 13.3 Å². The lowest BCUT2D eigenvalue weighted by Crippen LogP contribution is -2.44. The Bertz CT molecular complexity index is 152. The van der Waals surface area contributed by atoms with E-state index in [1.807, 2.05) is 0 Å². The molecule has 0 aromatic heterocycles. The highest BCUT2D eigenvalue weighted by molar-refractivity contribution is 4.88. The molecule has 1 rings (SSSR count). The molecular formula is C11H24N2O. The van der Waals surface area contributed by atoms with Crippen LogP contribution in [-0.2, 0) is 4.74 Å². The van der Waals surface area contributed by atoms with Gasteiger partial charge in [0.05, 0.1) is 6.61 Å². The van der Waals surface area contributed by atoms with E-state index in [4.69, 9.17) is 10.5 Å². The minimum atomic E-state index is 0.133. The molecule has 3 N–H and O–H groups in total. The van der Waals surface area contributed by atoms with E-state index in [2.05, 4.69) is 12.2 Å². The smallest absolute Gasteiger partial charge is 0.0626 e. The van der Waals surface area contributed by atoms with E-state index >= 15 is 0 Å². The summed E-state index contributed by atoms with van der Waals surface area (Å²) in [7, 11) is 1.69. The van der Waals surface area contributed by atoms with Crippen molar-refractivity contribution in [1.82, 2.24) is 5.32 Å². The third-order valence-corrected chi connectivity index (χ3v) is 3.45. The van der Waals surface area contributed by atoms with Crippen LogP contribution in [0.15, 0.2) is 0 Å². The molecule has 1 aliphatic rings. The first-order valence-corrected chi connectivity index (χ1v) is 5.68. The second kappa shape index (κ2) is 5.69. The fourth-order valence-electron chi connectivity index (χ4n) is 2.13. The summed E-state index contributed by atoms with van der Waals surface area (Å²) in [5, 5.41) is 3.46. The second-order valence-corrected chi connectivity index (χ2v) is 4.55. The predicted octanol–water partition coefficient (Wildman–Crippen LogP) is 1.13. The van der Waals surface area contributed by atoms with E-state index in [1.54, 1.807) is 7.11 Å². The summed E-state index contributed by atoms with van der Waals surface area (Å²) in [4.78, 5) is 0. The van der Waals surface area contributed by atoms with Crippen LogP contribution >= 0.6 is 0 Å². The monoisotopic (exact) mass is 200 g/mol. The Morgan fingerprint density at radius 2 is 2.21 bits per heavy atom. The quantitative estimate of drug-likeness (QED) is 0.647. The number of nitrogens with two attached hydrogens (primary N) is 1.